The minimum atomic E-state index is -0.354. The molecule has 25 heavy (non-hydrogen) atoms. The van der Waals surface area contributed by atoms with Gasteiger partial charge in [-0.2, -0.15) is 0 Å². The summed E-state index contributed by atoms with van der Waals surface area (Å²) in [4.78, 5) is 38.2. The van der Waals surface area contributed by atoms with Crippen molar-refractivity contribution in [3.05, 3.63) is 23.8 Å². The largest absolute Gasteiger partial charge is 0.342 e. The van der Waals surface area contributed by atoms with Crippen LogP contribution in [0.15, 0.2) is 12.4 Å². The maximum atomic E-state index is 13.1. The molecule has 2 amide bonds. The van der Waals surface area contributed by atoms with Gasteiger partial charge in [-0.1, -0.05) is 6.92 Å². The Hall–Kier alpha value is -1.98. The summed E-state index contributed by atoms with van der Waals surface area (Å²) >= 11 is 0. The number of amides is 2. The zero-order valence-corrected chi connectivity index (χ0v) is 14.9. The van der Waals surface area contributed by atoms with Crippen LogP contribution >= 0.6 is 0 Å². The third kappa shape index (κ3) is 3.14. The van der Waals surface area contributed by atoms with Crippen LogP contribution in [0.25, 0.3) is 0 Å². The van der Waals surface area contributed by atoms with E-state index in [4.69, 9.17) is 0 Å². The van der Waals surface area contributed by atoms with Gasteiger partial charge in [-0.15, -0.1) is 0 Å². The smallest absolute Gasteiger partial charge is 0.257 e. The summed E-state index contributed by atoms with van der Waals surface area (Å²) in [6, 6.07) is 0. The first-order valence-corrected chi connectivity index (χ1v) is 9.51. The summed E-state index contributed by atoms with van der Waals surface area (Å²) in [7, 11) is 0. The second-order valence-electron chi connectivity index (χ2n) is 7.80. The van der Waals surface area contributed by atoms with Gasteiger partial charge in [0.05, 0.1) is 11.0 Å². The van der Waals surface area contributed by atoms with E-state index in [9.17, 15) is 9.59 Å². The van der Waals surface area contributed by atoms with Crippen molar-refractivity contribution in [1.29, 1.82) is 0 Å². The molecule has 6 nitrogen and oxygen atoms in total. The molecule has 0 bridgehead atoms. The van der Waals surface area contributed by atoms with E-state index < -0.39 is 0 Å². The molecule has 1 spiro atoms. The molecule has 4 rings (SSSR count). The SMILES string of the molecule is CCc1ncc(C(=O)N2CC[C@@]3(CCCN(CC4CC4)C3=O)C2)cn1. The number of rotatable bonds is 4. The van der Waals surface area contributed by atoms with Crippen LogP contribution in [0.4, 0.5) is 0 Å². The van der Waals surface area contributed by atoms with Crippen molar-refractivity contribution >= 4 is 11.8 Å². The Balaban J connectivity index is 1.45. The fraction of sp³-hybridized carbons (Fsp3) is 0.684. The van der Waals surface area contributed by atoms with Gasteiger partial charge in [-0.25, -0.2) is 9.97 Å². The van der Waals surface area contributed by atoms with Crippen molar-refractivity contribution in [2.24, 2.45) is 11.3 Å². The van der Waals surface area contributed by atoms with Crippen LogP contribution in [0.3, 0.4) is 0 Å². The second kappa shape index (κ2) is 6.39. The first-order valence-electron chi connectivity index (χ1n) is 9.51. The van der Waals surface area contributed by atoms with E-state index in [-0.39, 0.29) is 17.2 Å². The summed E-state index contributed by atoms with van der Waals surface area (Å²) in [6.45, 7) is 4.99. The third-order valence-corrected chi connectivity index (χ3v) is 5.91. The molecule has 2 saturated heterocycles. The Morgan fingerprint density at radius 1 is 1.24 bits per heavy atom. The van der Waals surface area contributed by atoms with E-state index in [1.54, 1.807) is 12.4 Å². The average Bonchev–Trinajstić information content (AvgIpc) is 3.36. The molecule has 0 N–H and O–H groups in total. The van der Waals surface area contributed by atoms with E-state index in [2.05, 4.69) is 14.9 Å². The van der Waals surface area contributed by atoms with Crippen LogP contribution in [0.5, 0.6) is 0 Å². The second-order valence-corrected chi connectivity index (χ2v) is 7.80. The summed E-state index contributed by atoms with van der Waals surface area (Å²) in [5.74, 6) is 1.69. The fourth-order valence-electron chi connectivity index (χ4n) is 4.19. The van der Waals surface area contributed by atoms with Crippen molar-refractivity contribution < 1.29 is 9.59 Å². The maximum absolute atomic E-state index is 13.1. The average molecular weight is 342 g/mol. The number of aryl methyl sites for hydroxylation is 1. The Labute approximate surface area is 148 Å². The summed E-state index contributed by atoms with van der Waals surface area (Å²) in [5, 5.41) is 0. The standard InChI is InChI=1S/C19H26N4O2/c1-2-16-20-10-15(11-21-16)17(24)23-9-7-19(13-23)6-3-8-22(18(19)25)12-14-4-5-14/h10-11,14H,2-9,12-13H2,1H3/t19-/m0/s1. The molecule has 1 aromatic heterocycles. The van der Waals surface area contributed by atoms with E-state index in [0.29, 0.717) is 24.6 Å². The van der Waals surface area contributed by atoms with Crippen LogP contribution in [0.1, 0.15) is 55.2 Å². The van der Waals surface area contributed by atoms with Gasteiger partial charge >= 0.3 is 0 Å². The summed E-state index contributed by atoms with van der Waals surface area (Å²) in [5.41, 5.74) is 0.167. The van der Waals surface area contributed by atoms with E-state index in [0.717, 1.165) is 44.6 Å². The van der Waals surface area contributed by atoms with Crippen molar-refractivity contribution in [2.45, 2.75) is 45.4 Å². The van der Waals surface area contributed by atoms with Crippen LogP contribution in [-0.4, -0.2) is 57.8 Å². The molecule has 3 heterocycles. The number of nitrogens with zero attached hydrogens (tertiary/aromatic N) is 4. The van der Waals surface area contributed by atoms with Crippen LogP contribution in [-0.2, 0) is 11.2 Å². The maximum Gasteiger partial charge on any atom is 0.257 e. The predicted octanol–water partition coefficient (Wildman–Crippen LogP) is 1.90. The lowest BCUT2D eigenvalue weighted by Gasteiger charge is -2.39. The zero-order valence-electron chi connectivity index (χ0n) is 14.9. The topological polar surface area (TPSA) is 66.4 Å². The highest BCUT2D eigenvalue weighted by atomic mass is 16.2. The van der Waals surface area contributed by atoms with Crippen LogP contribution in [0, 0.1) is 11.3 Å². The molecule has 134 valence electrons. The van der Waals surface area contributed by atoms with Gasteiger partial charge in [0.2, 0.25) is 5.91 Å². The molecule has 0 radical (unpaired) electrons. The van der Waals surface area contributed by atoms with Crippen molar-refractivity contribution in [2.75, 3.05) is 26.2 Å². The molecular formula is C19H26N4O2. The van der Waals surface area contributed by atoms with E-state index in [1.807, 2.05) is 11.8 Å². The van der Waals surface area contributed by atoms with Crippen molar-refractivity contribution in [3.63, 3.8) is 0 Å². The molecule has 0 aromatic carbocycles. The first-order chi connectivity index (χ1) is 12.1. The first kappa shape index (κ1) is 16.5. The van der Waals surface area contributed by atoms with Gasteiger partial charge in [0, 0.05) is 45.0 Å². The van der Waals surface area contributed by atoms with Gasteiger partial charge in [0.1, 0.15) is 5.82 Å². The van der Waals surface area contributed by atoms with Crippen LogP contribution < -0.4 is 0 Å². The number of hydrogen-bond donors (Lipinski definition) is 0. The van der Waals surface area contributed by atoms with Gasteiger partial charge in [-0.05, 0) is 38.0 Å². The molecular weight excluding hydrogens is 316 g/mol. The van der Waals surface area contributed by atoms with Crippen molar-refractivity contribution in [3.8, 4) is 0 Å². The molecule has 1 atom stereocenters. The predicted molar refractivity (Wildman–Crippen MR) is 92.9 cm³/mol. The van der Waals surface area contributed by atoms with Gasteiger partial charge in [0.25, 0.3) is 5.91 Å². The molecule has 1 aromatic rings. The monoisotopic (exact) mass is 342 g/mol. The van der Waals surface area contributed by atoms with Gasteiger partial charge < -0.3 is 9.80 Å². The van der Waals surface area contributed by atoms with Crippen molar-refractivity contribution in [1.82, 2.24) is 19.8 Å². The highest BCUT2D eigenvalue weighted by Crippen LogP contribution is 2.42. The Morgan fingerprint density at radius 2 is 2.00 bits per heavy atom. The molecule has 1 saturated carbocycles. The molecule has 1 aliphatic carbocycles. The normalized spacial score (nSPS) is 26.5. The molecule has 3 fully saturated rings. The Bertz CT molecular complexity index is 671. The number of likely N-dealkylation sites (tertiary alicyclic amines) is 2. The summed E-state index contributed by atoms with van der Waals surface area (Å²) in [6.07, 6.45) is 9.24. The Morgan fingerprint density at radius 3 is 2.68 bits per heavy atom. The van der Waals surface area contributed by atoms with E-state index in [1.165, 1.54) is 12.8 Å². The van der Waals surface area contributed by atoms with Gasteiger partial charge in [-0.3, -0.25) is 9.59 Å². The molecule has 3 aliphatic rings. The minimum absolute atomic E-state index is 0.0494. The highest BCUT2D eigenvalue weighted by molar-refractivity contribution is 5.95. The quantitative estimate of drug-likeness (QED) is 0.838. The number of carbonyl (C=O) groups excluding carboxylic acids is 2. The number of hydrogen-bond acceptors (Lipinski definition) is 4. The number of aromatic nitrogens is 2. The highest BCUT2D eigenvalue weighted by Gasteiger charge is 2.50. The number of piperidine rings is 1. The lowest BCUT2D eigenvalue weighted by Crippen LogP contribution is -2.50. The number of carbonyl (C=O) groups is 2. The molecule has 6 heteroatoms. The minimum Gasteiger partial charge on any atom is -0.342 e. The van der Waals surface area contributed by atoms with Gasteiger partial charge in [0.15, 0.2) is 0 Å². The summed E-state index contributed by atoms with van der Waals surface area (Å²) < 4.78 is 0. The zero-order chi connectivity index (χ0) is 17.4. The Kier molecular flexibility index (Phi) is 4.21. The molecule has 2 aliphatic heterocycles. The van der Waals surface area contributed by atoms with E-state index >= 15 is 0 Å². The van der Waals surface area contributed by atoms with Crippen LogP contribution in [0.2, 0.25) is 0 Å². The third-order valence-electron chi connectivity index (χ3n) is 5.91. The molecule has 0 unspecified atom stereocenters. The fourth-order valence-corrected chi connectivity index (χ4v) is 4.19. The lowest BCUT2D eigenvalue weighted by atomic mass is 9.78. The lowest BCUT2D eigenvalue weighted by molar-refractivity contribution is -0.145.